The quantitative estimate of drug-likeness (QED) is 0.557. The lowest BCUT2D eigenvalue weighted by Crippen LogP contribution is -2.50. The monoisotopic (exact) mass is 463 g/mol. The number of ether oxygens (including phenoxy) is 1. The van der Waals surface area contributed by atoms with Crippen molar-refractivity contribution in [3.63, 3.8) is 0 Å². The maximum Gasteiger partial charge on any atom is 0.259 e. The molecule has 0 saturated carbocycles. The summed E-state index contributed by atoms with van der Waals surface area (Å²) in [6.07, 6.45) is 0.559. The Labute approximate surface area is 199 Å². The second-order valence-corrected chi connectivity index (χ2v) is 8.49. The molecule has 0 spiro atoms. The fourth-order valence-electron chi connectivity index (χ4n) is 4.58. The number of hydrogen-bond donors (Lipinski definition) is 0. The third-order valence-electron chi connectivity index (χ3n) is 6.44. The number of pyridine rings is 1. The predicted octanol–water partition coefficient (Wildman–Crippen LogP) is 3.88. The molecule has 0 aliphatic carbocycles. The zero-order valence-electron chi connectivity index (χ0n) is 19.9. The molecule has 7 heteroatoms. The fraction of sp³-hybridized carbons (Fsp3) is 0.333. The van der Waals surface area contributed by atoms with Crippen LogP contribution in [0.5, 0.6) is 5.75 Å². The molecule has 3 aromatic rings. The lowest BCUT2D eigenvalue weighted by atomic mass is 10.1. The SMILES string of the molecule is CCc1c(C(=O)N2CCN(c3ccccc3F)CC2)c(=O)cc(C)n1Cc1ccc(OC)cc1. The van der Waals surface area contributed by atoms with Gasteiger partial charge in [-0.25, -0.2) is 4.39 Å². The highest BCUT2D eigenvalue weighted by Gasteiger charge is 2.28. The van der Waals surface area contributed by atoms with Crippen molar-refractivity contribution in [2.24, 2.45) is 0 Å². The first-order chi connectivity index (χ1) is 16.4. The smallest absolute Gasteiger partial charge is 0.259 e. The van der Waals surface area contributed by atoms with E-state index in [0.717, 1.165) is 22.7 Å². The summed E-state index contributed by atoms with van der Waals surface area (Å²) in [6.45, 7) is 6.31. The number of benzene rings is 2. The van der Waals surface area contributed by atoms with Crippen molar-refractivity contribution in [3.8, 4) is 5.75 Å². The van der Waals surface area contributed by atoms with E-state index in [9.17, 15) is 14.0 Å². The molecule has 4 rings (SSSR count). The number of methoxy groups -OCH3 is 1. The molecule has 2 aromatic carbocycles. The molecule has 178 valence electrons. The Kier molecular flexibility index (Phi) is 7.01. The van der Waals surface area contributed by atoms with E-state index in [4.69, 9.17) is 4.74 Å². The van der Waals surface area contributed by atoms with Crippen molar-refractivity contribution < 1.29 is 13.9 Å². The number of nitrogens with zero attached hydrogens (tertiary/aromatic N) is 3. The fourth-order valence-corrected chi connectivity index (χ4v) is 4.58. The van der Waals surface area contributed by atoms with Gasteiger partial charge in [-0.1, -0.05) is 31.2 Å². The molecule has 0 unspecified atom stereocenters. The number of aromatic nitrogens is 1. The molecule has 0 radical (unpaired) electrons. The summed E-state index contributed by atoms with van der Waals surface area (Å²) in [5, 5.41) is 0. The van der Waals surface area contributed by atoms with E-state index in [0.29, 0.717) is 44.8 Å². The van der Waals surface area contributed by atoms with E-state index in [1.54, 1.807) is 36.3 Å². The van der Waals surface area contributed by atoms with Crippen LogP contribution in [0.2, 0.25) is 0 Å². The maximum atomic E-state index is 14.2. The molecule has 1 aliphatic heterocycles. The van der Waals surface area contributed by atoms with Gasteiger partial charge in [0.05, 0.1) is 12.8 Å². The highest BCUT2D eigenvalue weighted by Crippen LogP contribution is 2.22. The zero-order valence-corrected chi connectivity index (χ0v) is 19.9. The van der Waals surface area contributed by atoms with Crippen LogP contribution < -0.4 is 15.1 Å². The lowest BCUT2D eigenvalue weighted by molar-refractivity contribution is 0.0743. The van der Waals surface area contributed by atoms with E-state index >= 15 is 0 Å². The summed E-state index contributed by atoms with van der Waals surface area (Å²) in [7, 11) is 1.63. The predicted molar refractivity (Wildman–Crippen MR) is 131 cm³/mol. The van der Waals surface area contributed by atoms with Crippen molar-refractivity contribution in [1.29, 1.82) is 0 Å². The van der Waals surface area contributed by atoms with Gasteiger partial charge in [0.2, 0.25) is 0 Å². The van der Waals surface area contributed by atoms with Crippen LogP contribution in [-0.2, 0) is 13.0 Å². The number of piperazine rings is 1. The summed E-state index contributed by atoms with van der Waals surface area (Å²) in [4.78, 5) is 30.1. The molecule has 0 bridgehead atoms. The van der Waals surface area contributed by atoms with Crippen molar-refractivity contribution in [3.05, 3.63) is 93.2 Å². The normalized spacial score (nSPS) is 13.8. The van der Waals surface area contributed by atoms with Gasteiger partial charge >= 0.3 is 0 Å². The Hall–Kier alpha value is -3.61. The first-order valence-electron chi connectivity index (χ1n) is 11.6. The molecule has 1 saturated heterocycles. The van der Waals surface area contributed by atoms with Gasteiger partial charge in [0.15, 0.2) is 5.43 Å². The van der Waals surface area contributed by atoms with E-state index in [1.807, 2.05) is 47.6 Å². The Bertz CT molecular complexity index is 1230. The topological polar surface area (TPSA) is 54.8 Å². The standard InChI is InChI=1S/C27H30FN3O3/c1-4-23-26(25(32)17-19(2)31(23)18-20-9-11-21(34-3)12-10-20)27(33)30-15-13-29(14-16-30)24-8-6-5-7-22(24)28/h5-12,17H,4,13-16,18H2,1-3H3. The minimum absolute atomic E-state index is 0.237. The van der Waals surface area contributed by atoms with Crippen molar-refractivity contribution in [2.75, 3.05) is 38.2 Å². The van der Waals surface area contributed by atoms with Crippen molar-refractivity contribution >= 4 is 11.6 Å². The number of anilines is 1. The Balaban J connectivity index is 1.58. The van der Waals surface area contributed by atoms with Crippen LogP contribution in [0.3, 0.4) is 0 Å². The second kappa shape index (κ2) is 10.1. The van der Waals surface area contributed by atoms with Gasteiger partial charge < -0.3 is 19.1 Å². The first kappa shape index (κ1) is 23.5. The van der Waals surface area contributed by atoms with E-state index in [2.05, 4.69) is 0 Å². The Morgan fingerprint density at radius 3 is 2.32 bits per heavy atom. The average molecular weight is 464 g/mol. The highest BCUT2D eigenvalue weighted by atomic mass is 19.1. The van der Waals surface area contributed by atoms with Gasteiger partial charge in [-0.15, -0.1) is 0 Å². The minimum atomic E-state index is -0.268. The summed E-state index contributed by atoms with van der Waals surface area (Å²) in [5.74, 6) is 0.260. The first-order valence-corrected chi connectivity index (χ1v) is 11.6. The number of amides is 1. The molecule has 2 heterocycles. The Morgan fingerprint density at radius 2 is 1.71 bits per heavy atom. The molecule has 6 nitrogen and oxygen atoms in total. The van der Waals surface area contributed by atoms with Crippen LogP contribution in [0.15, 0.2) is 59.4 Å². The minimum Gasteiger partial charge on any atom is -0.497 e. The van der Waals surface area contributed by atoms with Crippen LogP contribution in [0.25, 0.3) is 0 Å². The molecule has 34 heavy (non-hydrogen) atoms. The zero-order chi connectivity index (χ0) is 24.2. The molecule has 1 amide bonds. The van der Waals surface area contributed by atoms with Crippen LogP contribution in [-0.4, -0.2) is 48.7 Å². The number of aryl methyl sites for hydroxylation is 1. The van der Waals surface area contributed by atoms with Gasteiger partial charge in [0.25, 0.3) is 5.91 Å². The van der Waals surface area contributed by atoms with Crippen LogP contribution in [0.4, 0.5) is 10.1 Å². The molecule has 0 N–H and O–H groups in total. The van der Waals surface area contributed by atoms with Crippen molar-refractivity contribution in [2.45, 2.75) is 26.8 Å². The summed E-state index contributed by atoms with van der Waals surface area (Å²) in [6, 6.07) is 16.0. The number of carbonyl (C=O) groups is 1. The van der Waals surface area contributed by atoms with Gasteiger partial charge in [-0.3, -0.25) is 9.59 Å². The number of hydrogen-bond acceptors (Lipinski definition) is 4. The average Bonchev–Trinajstić information content (AvgIpc) is 2.86. The van der Waals surface area contributed by atoms with Crippen molar-refractivity contribution in [1.82, 2.24) is 9.47 Å². The van der Waals surface area contributed by atoms with E-state index < -0.39 is 0 Å². The van der Waals surface area contributed by atoms with E-state index in [-0.39, 0.29) is 22.7 Å². The van der Waals surface area contributed by atoms with Gasteiger partial charge in [-0.2, -0.15) is 0 Å². The second-order valence-electron chi connectivity index (χ2n) is 8.49. The van der Waals surface area contributed by atoms with E-state index in [1.165, 1.54) is 6.07 Å². The van der Waals surface area contributed by atoms with Crippen LogP contribution in [0.1, 0.15) is 34.2 Å². The summed E-state index contributed by atoms with van der Waals surface area (Å²) >= 11 is 0. The van der Waals surface area contributed by atoms with Crippen LogP contribution >= 0.6 is 0 Å². The van der Waals surface area contributed by atoms with Gasteiger partial charge in [0, 0.05) is 50.2 Å². The third kappa shape index (κ3) is 4.69. The number of rotatable bonds is 6. The Morgan fingerprint density at radius 1 is 1.03 bits per heavy atom. The number of carbonyl (C=O) groups excluding carboxylic acids is 1. The third-order valence-corrected chi connectivity index (χ3v) is 6.44. The maximum absolute atomic E-state index is 14.2. The van der Waals surface area contributed by atoms with Gasteiger partial charge in [-0.05, 0) is 43.2 Å². The molecule has 0 atom stereocenters. The molecule has 1 fully saturated rings. The molecular formula is C27H30FN3O3. The summed E-state index contributed by atoms with van der Waals surface area (Å²) in [5.41, 5.74) is 3.14. The number of halogens is 1. The van der Waals surface area contributed by atoms with Crippen LogP contribution in [0, 0.1) is 12.7 Å². The van der Waals surface area contributed by atoms with Gasteiger partial charge in [0.1, 0.15) is 17.1 Å². The molecular weight excluding hydrogens is 433 g/mol. The molecule has 1 aliphatic rings. The lowest BCUT2D eigenvalue weighted by Gasteiger charge is -2.36. The summed E-state index contributed by atoms with van der Waals surface area (Å²) < 4.78 is 21.5. The number of para-hydroxylation sites is 1. The highest BCUT2D eigenvalue weighted by molar-refractivity contribution is 5.95. The molecule has 1 aromatic heterocycles. The largest absolute Gasteiger partial charge is 0.497 e.